The molecule has 0 spiro atoms. The Balaban J connectivity index is 2.10. The van der Waals surface area contributed by atoms with Crippen LogP contribution in [0.4, 0.5) is 5.69 Å². The highest BCUT2D eigenvalue weighted by molar-refractivity contribution is 6.39. The van der Waals surface area contributed by atoms with E-state index in [1.165, 1.54) is 0 Å². The number of hydrogen-bond acceptors (Lipinski definition) is 4. The van der Waals surface area contributed by atoms with E-state index in [-0.39, 0.29) is 0 Å². The molecule has 0 saturated heterocycles. The third-order valence-corrected chi connectivity index (χ3v) is 5.50. The predicted octanol–water partition coefficient (Wildman–Crippen LogP) is 4.98. The van der Waals surface area contributed by atoms with Gasteiger partial charge in [0.05, 0.1) is 27.6 Å². The average molecular weight is 417 g/mol. The van der Waals surface area contributed by atoms with Gasteiger partial charge in [0, 0.05) is 35.1 Å². The highest BCUT2D eigenvalue weighted by atomic mass is 35.5. The lowest BCUT2D eigenvalue weighted by molar-refractivity contribution is -0.131. The van der Waals surface area contributed by atoms with Gasteiger partial charge in [-0.25, -0.2) is 14.5 Å². The van der Waals surface area contributed by atoms with Crippen LogP contribution in [-0.4, -0.2) is 25.8 Å². The molecule has 0 atom stereocenters. The van der Waals surface area contributed by atoms with Gasteiger partial charge in [0.1, 0.15) is 0 Å². The molecule has 6 nitrogen and oxygen atoms in total. The highest BCUT2D eigenvalue weighted by Crippen LogP contribution is 2.46. The van der Waals surface area contributed by atoms with Crippen molar-refractivity contribution in [3.05, 3.63) is 45.7 Å². The molecule has 0 amide bonds. The lowest BCUT2D eigenvalue weighted by Gasteiger charge is -2.15. The third-order valence-electron chi connectivity index (χ3n) is 4.88. The van der Waals surface area contributed by atoms with Gasteiger partial charge in [-0.3, -0.25) is 0 Å². The summed E-state index contributed by atoms with van der Waals surface area (Å²) < 4.78 is 1.83. The summed E-state index contributed by atoms with van der Waals surface area (Å²) in [4.78, 5) is 16.1. The van der Waals surface area contributed by atoms with E-state index >= 15 is 0 Å². The highest BCUT2D eigenvalue weighted by Gasteiger charge is 2.30. The summed E-state index contributed by atoms with van der Waals surface area (Å²) in [6, 6.07) is 3.49. The molecule has 1 aromatic carbocycles. The number of hydrogen-bond donors (Lipinski definition) is 2. The van der Waals surface area contributed by atoms with Gasteiger partial charge in [-0.15, -0.1) is 0 Å². The number of fused-ring (bicyclic) bond motifs is 1. The number of halogens is 2. The zero-order chi connectivity index (χ0) is 20.0. The Morgan fingerprint density at radius 2 is 2.04 bits per heavy atom. The van der Waals surface area contributed by atoms with E-state index < -0.39 is 5.97 Å². The molecule has 0 radical (unpaired) electrons. The lowest BCUT2D eigenvalue weighted by atomic mass is 9.94. The molecule has 4 rings (SSSR count). The first kappa shape index (κ1) is 18.8. The van der Waals surface area contributed by atoms with Crippen molar-refractivity contribution in [2.45, 2.75) is 32.2 Å². The van der Waals surface area contributed by atoms with Crippen molar-refractivity contribution in [1.29, 1.82) is 0 Å². The predicted molar refractivity (Wildman–Crippen MR) is 112 cm³/mol. The first-order valence-corrected chi connectivity index (χ1v) is 9.71. The topological polar surface area (TPSA) is 94.0 Å². The number of anilines is 1. The molecule has 2 heterocycles. The van der Waals surface area contributed by atoms with Crippen LogP contribution in [0.15, 0.2) is 24.4 Å². The molecule has 1 saturated carbocycles. The Hall–Kier alpha value is -2.57. The molecule has 0 aliphatic heterocycles. The zero-order valence-electron chi connectivity index (χ0n) is 15.1. The second-order valence-electron chi connectivity index (χ2n) is 6.78. The second-order valence-corrected chi connectivity index (χ2v) is 7.60. The summed E-state index contributed by atoms with van der Waals surface area (Å²) in [6.07, 6.45) is 6.51. The van der Waals surface area contributed by atoms with E-state index in [0.717, 1.165) is 52.3 Å². The minimum absolute atomic E-state index is 0.302. The number of nitrogen functional groups attached to an aromatic ring is 1. The summed E-state index contributed by atoms with van der Waals surface area (Å²) in [5, 5.41) is 15.1. The molecule has 2 aromatic heterocycles. The van der Waals surface area contributed by atoms with E-state index in [9.17, 15) is 9.90 Å². The van der Waals surface area contributed by atoms with Gasteiger partial charge in [-0.1, -0.05) is 23.2 Å². The first-order valence-electron chi connectivity index (χ1n) is 8.96. The fourth-order valence-electron chi connectivity index (χ4n) is 3.38. The number of aliphatic carboxylic acids is 1. The van der Waals surface area contributed by atoms with E-state index in [4.69, 9.17) is 33.9 Å². The van der Waals surface area contributed by atoms with Crippen molar-refractivity contribution in [2.24, 2.45) is 0 Å². The van der Waals surface area contributed by atoms with Crippen molar-refractivity contribution < 1.29 is 9.90 Å². The number of rotatable bonds is 5. The van der Waals surface area contributed by atoms with Crippen LogP contribution in [0, 0.1) is 0 Å². The monoisotopic (exact) mass is 416 g/mol. The molecular formula is C20H18Cl2N4O2. The summed E-state index contributed by atoms with van der Waals surface area (Å²) in [6.45, 7) is 2.67. The molecule has 144 valence electrons. The smallest absolute Gasteiger partial charge is 0.328 e. The molecule has 1 aliphatic carbocycles. The van der Waals surface area contributed by atoms with Crippen molar-refractivity contribution in [3.8, 4) is 11.1 Å². The Morgan fingerprint density at radius 1 is 1.36 bits per heavy atom. The maximum atomic E-state index is 11.2. The summed E-state index contributed by atoms with van der Waals surface area (Å²) >= 11 is 12.6. The molecule has 1 aliphatic rings. The molecule has 0 unspecified atom stereocenters. The number of carbonyl (C=O) groups is 1. The number of nitrogens with zero attached hydrogens (tertiary/aromatic N) is 3. The first-order chi connectivity index (χ1) is 13.4. The fourth-order valence-corrected chi connectivity index (χ4v) is 3.87. The summed E-state index contributed by atoms with van der Waals surface area (Å²) in [7, 11) is 0. The van der Waals surface area contributed by atoms with Crippen molar-refractivity contribution in [3.63, 3.8) is 0 Å². The zero-order valence-corrected chi connectivity index (χ0v) is 16.6. The molecule has 28 heavy (non-hydrogen) atoms. The molecular weight excluding hydrogens is 399 g/mol. The van der Waals surface area contributed by atoms with E-state index in [1.54, 1.807) is 24.4 Å². The Morgan fingerprint density at radius 3 is 2.61 bits per heavy atom. The van der Waals surface area contributed by atoms with Crippen LogP contribution in [0.5, 0.6) is 0 Å². The summed E-state index contributed by atoms with van der Waals surface area (Å²) in [5.74, 6) is -0.720. The number of benzene rings is 1. The van der Waals surface area contributed by atoms with Crippen LogP contribution < -0.4 is 5.73 Å². The van der Waals surface area contributed by atoms with Gasteiger partial charge in [-0.2, -0.15) is 5.10 Å². The third kappa shape index (κ3) is 3.23. The normalized spacial score (nSPS) is 14.2. The van der Waals surface area contributed by atoms with E-state index in [0.29, 0.717) is 28.2 Å². The van der Waals surface area contributed by atoms with Gasteiger partial charge in [0.15, 0.2) is 5.65 Å². The van der Waals surface area contributed by atoms with Gasteiger partial charge in [-0.05, 0) is 43.5 Å². The van der Waals surface area contributed by atoms with Crippen molar-refractivity contribution >= 4 is 52.0 Å². The second kappa shape index (κ2) is 7.11. The van der Waals surface area contributed by atoms with Crippen LogP contribution in [0.3, 0.4) is 0 Å². The Bertz CT molecular complexity index is 1110. The minimum atomic E-state index is -1.02. The largest absolute Gasteiger partial charge is 0.478 e. The van der Waals surface area contributed by atoms with Crippen LogP contribution in [0.1, 0.15) is 36.9 Å². The Kier molecular flexibility index (Phi) is 4.77. The number of carboxylic acids is 1. The molecule has 1 fully saturated rings. The molecule has 0 bridgehead atoms. The van der Waals surface area contributed by atoms with Crippen LogP contribution in [0.2, 0.25) is 10.0 Å². The quantitative estimate of drug-likeness (QED) is 0.451. The van der Waals surface area contributed by atoms with Crippen molar-refractivity contribution in [1.82, 2.24) is 14.8 Å². The maximum Gasteiger partial charge on any atom is 0.328 e. The average Bonchev–Trinajstić information content (AvgIpc) is 3.42. The van der Waals surface area contributed by atoms with Gasteiger partial charge >= 0.3 is 5.97 Å². The standard InChI is InChI=1S/C20H18Cl2N4O2/c1-2-26-20-13(9-24-26)17(11-7-14(21)18(23)15(22)8-11)12(5-6-16(27)28)19(25-20)10-3-4-10/h5-10H,2-4,23H2,1H3,(H,27,28). The number of nitrogens with two attached hydrogens (primary N) is 1. The number of pyridine rings is 1. The maximum absolute atomic E-state index is 11.2. The van der Waals surface area contributed by atoms with Gasteiger partial charge < -0.3 is 10.8 Å². The number of aryl methyl sites for hydroxylation is 1. The van der Waals surface area contributed by atoms with Gasteiger partial charge in [0.2, 0.25) is 0 Å². The molecule has 8 heteroatoms. The van der Waals surface area contributed by atoms with E-state index in [1.807, 2.05) is 11.6 Å². The Labute approximate surface area is 171 Å². The lowest BCUT2D eigenvalue weighted by Crippen LogP contribution is -2.03. The van der Waals surface area contributed by atoms with Crippen LogP contribution in [-0.2, 0) is 11.3 Å². The summed E-state index contributed by atoms with van der Waals surface area (Å²) in [5.41, 5.74) is 10.2. The SMILES string of the molecule is CCn1ncc2c(-c3cc(Cl)c(N)c(Cl)c3)c(C=CC(=O)O)c(C3CC3)nc21. The van der Waals surface area contributed by atoms with Gasteiger partial charge in [0.25, 0.3) is 0 Å². The van der Waals surface area contributed by atoms with Crippen LogP contribution >= 0.6 is 23.2 Å². The van der Waals surface area contributed by atoms with Crippen LogP contribution in [0.25, 0.3) is 28.2 Å². The molecule has 3 aromatic rings. The minimum Gasteiger partial charge on any atom is -0.478 e. The fraction of sp³-hybridized carbons (Fsp3) is 0.250. The van der Waals surface area contributed by atoms with E-state index in [2.05, 4.69) is 5.10 Å². The number of carboxylic acid groups (broad SMARTS) is 1. The molecule has 3 N–H and O–H groups in total. The van der Waals surface area contributed by atoms with Crippen molar-refractivity contribution in [2.75, 3.05) is 5.73 Å². The number of aromatic nitrogens is 3.